The molecule has 0 spiro atoms. The fourth-order valence-corrected chi connectivity index (χ4v) is 4.00. The number of benzene rings is 2. The summed E-state index contributed by atoms with van der Waals surface area (Å²) in [5, 5.41) is 0. The van der Waals surface area contributed by atoms with Crippen LogP contribution in [0.1, 0.15) is 25.0 Å². The normalized spacial score (nSPS) is 23.9. The van der Waals surface area contributed by atoms with Crippen LogP contribution in [0.25, 0.3) is 0 Å². The highest BCUT2D eigenvalue weighted by atomic mass is 79.9. The summed E-state index contributed by atoms with van der Waals surface area (Å²) in [6.45, 7) is 3.96. The molecule has 0 N–H and O–H groups in total. The van der Waals surface area contributed by atoms with Crippen molar-refractivity contribution in [1.29, 1.82) is 0 Å². The van der Waals surface area contributed by atoms with Gasteiger partial charge in [-0.1, -0.05) is 48.5 Å². The molecular formula is C18H18BrFN+. The van der Waals surface area contributed by atoms with Gasteiger partial charge in [-0.2, -0.15) is 0 Å². The zero-order valence-electron chi connectivity index (χ0n) is 12.4. The molecule has 1 heterocycles. The zero-order valence-corrected chi connectivity index (χ0v) is 14.0. The van der Waals surface area contributed by atoms with Crippen molar-refractivity contribution in [3.63, 3.8) is 0 Å². The van der Waals surface area contributed by atoms with Crippen molar-refractivity contribution < 1.29 is 8.97 Å². The Balaban J connectivity index is 2.26. The van der Waals surface area contributed by atoms with Crippen molar-refractivity contribution in [2.75, 3.05) is 7.05 Å². The van der Waals surface area contributed by atoms with Crippen molar-refractivity contribution in [2.45, 2.75) is 23.8 Å². The van der Waals surface area contributed by atoms with Crippen molar-refractivity contribution in [3.8, 4) is 0 Å². The fourth-order valence-electron chi connectivity index (χ4n) is 3.23. The van der Waals surface area contributed by atoms with E-state index < -0.39 is 9.99 Å². The molecule has 2 aromatic rings. The summed E-state index contributed by atoms with van der Waals surface area (Å²) < 4.78 is 16.3. The molecule has 21 heavy (non-hydrogen) atoms. The van der Waals surface area contributed by atoms with E-state index in [0.29, 0.717) is 5.56 Å². The first-order valence-electron chi connectivity index (χ1n) is 7.01. The van der Waals surface area contributed by atoms with Gasteiger partial charge in [0.2, 0.25) is 10.3 Å². The molecule has 0 saturated heterocycles. The van der Waals surface area contributed by atoms with Crippen LogP contribution in [0.5, 0.6) is 0 Å². The predicted octanol–water partition coefficient (Wildman–Crippen LogP) is 4.91. The summed E-state index contributed by atoms with van der Waals surface area (Å²) in [4.78, 5) is 0. The third-order valence-corrected chi connectivity index (χ3v) is 6.05. The minimum atomic E-state index is -1.66. The molecule has 1 aliphatic heterocycles. The van der Waals surface area contributed by atoms with Gasteiger partial charge >= 0.3 is 0 Å². The van der Waals surface area contributed by atoms with E-state index in [1.165, 1.54) is 0 Å². The van der Waals surface area contributed by atoms with E-state index in [1.54, 1.807) is 0 Å². The Labute approximate surface area is 133 Å². The second-order valence-electron chi connectivity index (χ2n) is 5.73. The summed E-state index contributed by atoms with van der Waals surface area (Å²) >= 11 is 3.40. The molecule has 108 valence electrons. The number of fused-ring (bicyclic) bond motifs is 1. The van der Waals surface area contributed by atoms with E-state index in [2.05, 4.69) is 20.5 Å². The van der Waals surface area contributed by atoms with Crippen LogP contribution in [-0.4, -0.2) is 17.3 Å². The van der Waals surface area contributed by atoms with Crippen LogP contribution in [-0.2, 0) is 9.99 Å². The number of para-hydroxylation sites is 1. The molecular weight excluding hydrogens is 329 g/mol. The number of alkyl halides is 2. The maximum absolute atomic E-state index is 15.9. The quantitative estimate of drug-likeness (QED) is 0.536. The molecule has 0 fully saturated rings. The minimum Gasteiger partial charge on any atom is -0.224 e. The van der Waals surface area contributed by atoms with Crippen LogP contribution in [0, 0.1) is 0 Å². The molecule has 1 aliphatic rings. The van der Waals surface area contributed by atoms with Gasteiger partial charge < -0.3 is 0 Å². The predicted molar refractivity (Wildman–Crippen MR) is 88.5 cm³/mol. The van der Waals surface area contributed by atoms with E-state index in [1.807, 2.05) is 75.5 Å². The Kier molecular flexibility index (Phi) is 3.28. The fraction of sp³-hybridized carbons (Fsp3) is 0.278. The summed E-state index contributed by atoms with van der Waals surface area (Å²) in [5.41, 5.74) is 2.95. The van der Waals surface area contributed by atoms with E-state index in [9.17, 15) is 0 Å². The first kappa shape index (κ1) is 14.5. The third kappa shape index (κ3) is 1.83. The van der Waals surface area contributed by atoms with Gasteiger partial charge in [0, 0.05) is 24.1 Å². The van der Waals surface area contributed by atoms with Crippen molar-refractivity contribution >= 4 is 27.3 Å². The molecule has 3 heteroatoms. The first-order chi connectivity index (χ1) is 9.90. The molecule has 0 amide bonds. The van der Waals surface area contributed by atoms with Crippen molar-refractivity contribution in [2.24, 2.45) is 0 Å². The lowest BCUT2D eigenvalue weighted by molar-refractivity contribution is -0.403. The van der Waals surface area contributed by atoms with Gasteiger partial charge in [-0.15, -0.1) is 0 Å². The minimum absolute atomic E-state index is 0.636. The first-order valence-corrected chi connectivity index (χ1v) is 7.80. The lowest BCUT2D eigenvalue weighted by atomic mass is 9.73. The summed E-state index contributed by atoms with van der Waals surface area (Å²) in [7, 11) is 1.99. The van der Waals surface area contributed by atoms with Crippen LogP contribution in [0.2, 0.25) is 0 Å². The van der Waals surface area contributed by atoms with Crippen molar-refractivity contribution in [1.82, 2.24) is 0 Å². The van der Waals surface area contributed by atoms with Crippen LogP contribution in [0.3, 0.4) is 0 Å². The Morgan fingerprint density at radius 2 is 1.62 bits per heavy atom. The molecule has 0 saturated carbocycles. The number of hydrogen-bond donors (Lipinski definition) is 0. The average Bonchev–Trinajstić information content (AvgIpc) is 2.72. The molecule has 2 unspecified atom stereocenters. The zero-order chi connectivity index (χ0) is 15.3. The summed E-state index contributed by atoms with van der Waals surface area (Å²) in [6.07, 6.45) is 0. The summed E-state index contributed by atoms with van der Waals surface area (Å²) in [6, 6.07) is 17.3. The van der Waals surface area contributed by atoms with E-state index in [0.717, 1.165) is 17.0 Å². The van der Waals surface area contributed by atoms with E-state index >= 15 is 4.39 Å². The third-order valence-electron chi connectivity index (χ3n) is 4.80. The molecule has 2 atom stereocenters. The number of nitrogens with zero attached hydrogens (tertiary/aromatic N) is 1. The van der Waals surface area contributed by atoms with Crippen LogP contribution in [0.15, 0.2) is 54.6 Å². The average molecular weight is 347 g/mol. The van der Waals surface area contributed by atoms with Gasteiger partial charge in [0.05, 0.1) is 0 Å². The Hall–Kier alpha value is -1.48. The van der Waals surface area contributed by atoms with Gasteiger partial charge in [0.25, 0.3) is 0 Å². The standard InChI is InChI=1S/C18H18BrFN/c1-13-17(2,15-11-7-8-12-16(15)21(13)3)18(19,20)14-9-5-4-6-10-14/h4-12H,1-3H3/q+1. The van der Waals surface area contributed by atoms with E-state index in [-0.39, 0.29) is 0 Å². The number of rotatable bonds is 2. The Bertz CT molecular complexity index is 721. The Morgan fingerprint density at radius 3 is 2.29 bits per heavy atom. The molecule has 0 aliphatic carbocycles. The summed E-state index contributed by atoms with van der Waals surface area (Å²) in [5.74, 6) is 0. The topological polar surface area (TPSA) is 3.01 Å². The molecule has 2 aromatic carbocycles. The van der Waals surface area contributed by atoms with Crippen LogP contribution in [0.4, 0.5) is 10.1 Å². The number of halogens is 2. The van der Waals surface area contributed by atoms with Gasteiger partial charge in [-0.25, -0.2) is 8.97 Å². The largest absolute Gasteiger partial charge is 0.224 e. The van der Waals surface area contributed by atoms with Gasteiger partial charge in [-0.05, 0) is 22.9 Å². The highest BCUT2D eigenvalue weighted by Gasteiger charge is 2.60. The van der Waals surface area contributed by atoms with Crippen LogP contribution < -0.4 is 0 Å². The van der Waals surface area contributed by atoms with Crippen LogP contribution >= 0.6 is 15.9 Å². The molecule has 3 rings (SSSR count). The number of hydrogen-bond acceptors (Lipinski definition) is 0. The Morgan fingerprint density at radius 1 is 1.05 bits per heavy atom. The smallest absolute Gasteiger partial charge is 0.209 e. The SMILES string of the molecule is CC1=[N+](C)c2ccccc2C1(C)C(F)(Br)c1ccccc1. The maximum atomic E-state index is 15.9. The monoisotopic (exact) mass is 346 g/mol. The second-order valence-corrected chi connectivity index (χ2v) is 6.82. The van der Waals surface area contributed by atoms with E-state index in [4.69, 9.17) is 0 Å². The van der Waals surface area contributed by atoms with Gasteiger partial charge in [0.1, 0.15) is 12.5 Å². The molecule has 0 bridgehead atoms. The van der Waals surface area contributed by atoms with Gasteiger partial charge in [-0.3, -0.25) is 0 Å². The molecule has 0 aromatic heterocycles. The highest BCUT2D eigenvalue weighted by Crippen LogP contribution is 2.55. The van der Waals surface area contributed by atoms with Gasteiger partial charge in [0.15, 0.2) is 5.71 Å². The lowest BCUT2D eigenvalue weighted by Gasteiger charge is -2.34. The highest BCUT2D eigenvalue weighted by molar-refractivity contribution is 9.09. The molecule has 0 radical (unpaired) electrons. The second kappa shape index (κ2) is 4.77. The lowest BCUT2D eigenvalue weighted by Crippen LogP contribution is -2.44. The van der Waals surface area contributed by atoms with Crippen molar-refractivity contribution in [3.05, 3.63) is 65.7 Å². The molecule has 1 nitrogen and oxygen atoms in total. The maximum Gasteiger partial charge on any atom is 0.209 e.